The number of aliphatic hydroxyl groups excluding tert-OH is 2. The Morgan fingerprint density at radius 2 is 1.23 bits per heavy atom. The summed E-state index contributed by atoms with van der Waals surface area (Å²) < 4.78 is 40.8. The number of phosphoric acid groups is 1. The van der Waals surface area contributed by atoms with Crippen molar-refractivity contribution in [2.75, 3.05) is 32.2 Å². The van der Waals surface area contributed by atoms with Crippen LogP contribution in [0.15, 0.2) is 17.1 Å². The molecule has 6 atom stereocenters. The molecule has 1 aromatic rings. The maximum atomic E-state index is 12.8. The third kappa shape index (κ3) is 27.3. The number of carbonyl (C=O) groups is 1. The van der Waals surface area contributed by atoms with Crippen LogP contribution in [0.2, 0.25) is 0 Å². The Hall–Kier alpha value is -0.900. The number of carbonyl (C=O) groups excluding carboxylic acids is 1. The predicted octanol–water partition coefficient (Wildman–Crippen LogP) is 5.84. The summed E-state index contributed by atoms with van der Waals surface area (Å²) in [6.07, 6.45) is 27.6. The van der Waals surface area contributed by atoms with Crippen LogP contribution in [0.1, 0.15) is 200 Å². The van der Waals surface area contributed by atoms with Crippen LogP contribution >= 0.6 is 7.82 Å². The van der Waals surface area contributed by atoms with E-state index in [-0.39, 0.29) is 48.4 Å². The van der Waals surface area contributed by atoms with Gasteiger partial charge in [0.25, 0.3) is 7.82 Å². The zero-order valence-electron chi connectivity index (χ0n) is 37.7. The van der Waals surface area contributed by atoms with E-state index >= 15 is 0 Å². The second-order valence-electron chi connectivity index (χ2n) is 16.4. The number of nitrogens with two attached hydrogens (primary N) is 1. The summed E-state index contributed by atoms with van der Waals surface area (Å²) in [5.41, 5.74) is 4.71. The molecule has 16 heteroatoms. The van der Waals surface area contributed by atoms with Crippen LogP contribution in [-0.4, -0.2) is 76.6 Å². The number of unbranched alkanes of at least 4 members (excludes halogenated alkanes) is 25. The van der Waals surface area contributed by atoms with Crippen LogP contribution in [0.5, 0.6) is 0 Å². The van der Waals surface area contributed by atoms with E-state index in [0.717, 1.165) is 43.1 Å². The zero-order chi connectivity index (χ0) is 43.0. The Kier molecular flexibility index (Phi) is 34.7. The van der Waals surface area contributed by atoms with Gasteiger partial charge in [-0.05, 0) is 18.9 Å². The molecule has 2 unspecified atom stereocenters. The van der Waals surface area contributed by atoms with Crippen molar-refractivity contribution in [2.24, 2.45) is 0 Å². The second kappa shape index (κ2) is 36.4. The van der Waals surface area contributed by atoms with Gasteiger partial charge in [-0.25, -0.2) is 4.79 Å². The van der Waals surface area contributed by atoms with Crippen molar-refractivity contribution in [1.29, 1.82) is 0 Å². The van der Waals surface area contributed by atoms with Gasteiger partial charge in [0, 0.05) is 19.2 Å². The topological polar surface area (TPSA) is 205 Å². The van der Waals surface area contributed by atoms with Crippen molar-refractivity contribution in [3.63, 3.8) is 0 Å². The summed E-state index contributed by atoms with van der Waals surface area (Å²) in [5, 5.41) is 21.0. The molecule has 0 aromatic carbocycles. The molecule has 2 heterocycles. The first-order valence-corrected chi connectivity index (χ1v) is 24.8. The molecule has 0 spiro atoms. The minimum absolute atomic E-state index is 0. The van der Waals surface area contributed by atoms with E-state index in [1.54, 1.807) is 0 Å². The number of esters is 1. The van der Waals surface area contributed by atoms with E-state index < -0.39 is 63.3 Å². The summed E-state index contributed by atoms with van der Waals surface area (Å²) in [4.78, 5) is 41.4. The molecule has 1 saturated heterocycles. The molecule has 0 bridgehead atoms. The van der Waals surface area contributed by atoms with E-state index in [1.165, 1.54) is 141 Å². The molecular formula is C44H81N3NaO11P. The van der Waals surface area contributed by atoms with Gasteiger partial charge in [-0.1, -0.05) is 174 Å². The summed E-state index contributed by atoms with van der Waals surface area (Å²) in [6.45, 7) is 3.68. The number of aromatic nitrogens is 2. The van der Waals surface area contributed by atoms with E-state index in [1.807, 2.05) is 0 Å². The van der Waals surface area contributed by atoms with Gasteiger partial charge in [0.15, 0.2) is 6.23 Å². The molecule has 1 aliphatic heterocycles. The van der Waals surface area contributed by atoms with E-state index in [4.69, 9.17) is 29.0 Å². The standard InChI is InChI=1S/C44H82N3O11P.Na/c1-3-5-7-9-11-13-15-17-19-21-23-25-27-29-33-54-34-37(57-40(48)30-28-26-24-22-20-18-16-14-12-10-8-6-4-2)35-55-59(52,53)56-36-38-41(49)42(50)43(58-38)47-32-31-39(45)46-44(47)51;/h31-32,37-38,41-43,49-50H,3-30,33-36H2,1-2H3,(H,52,53)(H2,45,46,51);/q;+1/p-1/t37?,38-,41-,42+,43-;/m1./s1. The number of aliphatic hydroxyl groups is 2. The van der Waals surface area contributed by atoms with E-state index in [2.05, 4.69) is 18.8 Å². The number of hydrogen-bond donors (Lipinski definition) is 3. The third-order valence-electron chi connectivity index (χ3n) is 11.0. The zero-order valence-corrected chi connectivity index (χ0v) is 40.6. The van der Waals surface area contributed by atoms with Crippen molar-refractivity contribution >= 4 is 19.6 Å². The van der Waals surface area contributed by atoms with Crippen LogP contribution in [-0.2, 0) is 32.6 Å². The fraction of sp³-hybridized carbons (Fsp3) is 0.886. The summed E-state index contributed by atoms with van der Waals surface area (Å²) in [5.74, 6) is -0.481. The number of nitrogens with zero attached hydrogens (tertiary/aromatic N) is 2. The Morgan fingerprint density at radius 1 is 0.767 bits per heavy atom. The van der Waals surface area contributed by atoms with Gasteiger partial charge >= 0.3 is 41.2 Å². The molecule has 1 fully saturated rings. The SMILES string of the molecule is CCCCCCCCCCCCCCCCOCC(COP(=O)([O-])OC[C@H]1O[C@@H](n2ccc(N)nc2=O)[C@@H](O)[C@@H]1O)OC(=O)CCCCCCCCCCCCCCC.[Na+]. The number of nitrogen functional groups attached to an aromatic ring is 1. The molecule has 0 radical (unpaired) electrons. The van der Waals surface area contributed by atoms with Crippen LogP contribution in [0.4, 0.5) is 5.82 Å². The fourth-order valence-electron chi connectivity index (χ4n) is 7.35. The molecule has 0 saturated carbocycles. The Balaban J connectivity index is 0.0000180. The first kappa shape index (κ1) is 57.1. The summed E-state index contributed by atoms with van der Waals surface area (Å²) in [7, 11) is -4.99. The number of hydrogen-bond acceptors (Lipinski definition) is 13. The minimum Gasteiger partial charge on any atom is -0.756 e. The molecule has 1 aromatic heterocycles. The molecule has 2 rings (SSSR count). The molecule has 344 valence electrons. The van der Waals surface area contributed by atoms with Gasteiger partial charge in [0.1, 0.15) is 30.2 Å². The molecule has 1 aliphatic rings. The average molecular weight is 882 g/mol. The summed E-state index contributed by atoms with van der Waals surface area (Å²) >= 11 is 0. The molecular weight excluding hydrogens is 800 g/mol. The van der Waals surface area contributed by atoms with E-state index in [0.29, 0.717) is 13.0 Å². The Morgan fingerprint density at radius 3 is 1.72 bits per heavy atom. The van der Waals surface area contributed by atoms with Gasteiger partial charge in [-0.2, -0.15) is 4.98 Å². The fourth-order valence-corrected chi connectivity index (χ4v) is 8.11. The summed E-state index contributed by atoms with van der Waals surface area (Å²) in [6, 6.07) is 1.32. The van der Waals surface area contributed by atoms with Gasteiger partial charge in [0.2, 0.25) is 0 Å². The van der Waals surface area contributed by atoms with Crippen molar-refractivity contribution in [3.05, 3.63) is 22.7 Å². The van der Waals surface area contributed by atoms with Gasteiger partial charge in [-0.3, -0.25) is 13.9 Å². The third-order valence-corrected chi connectivity index (χ3v) is 11.9. The maximum absolute atomic E-state index is 12.8. The minimum atomic E-state index is -4.99. The first-order chi connectivity index (χ1) is 28.6. The van der Waals surface area contributed by atoms with Crippen LogP contribution in [0, 0.1) is 0 Å². The second-order valence-corrected chi connectivity index (χ2v) is 17.8. The quantitative estimate of drug-likeness (QED) is 0.0308. The van der Waals surface area contributed by atoms with Gasteiger partial charge in [-0.15, -0.1) is 0 Å². The number of anilines is 1. The van der Waals surface area contributed by atoms with Crippen molar-refractivity contribution in [3.8, 4) is 0 Å². The normalized spacial score (nSPS) is 19.2. The smallest absolute Gasteiger partial charge is 0.756 e. The average Bonchev–Trinajstić information content (AvgIpc) is 3.49. The monoisotopic (exact) mass is 882 g/mol. The predicted molar refractivity (Wildman–Crippen MR) is 230 cm³/mol. The van der Waals surface area contributed by atoms with Gasteiger partial charge < -0.3 is 44.1 Å². The molecule has 0 amide bonds. The van der Waals surface area contributed by atoms with Crippen LogP contribution < -0.4 is 45.9 Å². The van der Waals surface area contributed by atoms with Crippen LogP contribution in [0.3, 0.4) is 0 Å². The Bertz CT molecular complexity index is 1310. The van der Waals surface area contributed by atoms with Crippen LogP contribution in [0.25, 0.3) is 0 Å². The number of ether oxygens (including phenoxy) is 3. The largest absolute Gasteiger partial charge is 1.00 e. The number of phosphoric ester groups is 1. The van der Waals surface area contributed by atoms with Crippen molar-refractivity contribution in [1.82, 2.24) is 9.55 Å². The molecule has 4 N–H and O–H groups in total. The van der Waals surface area contributed by atoms with Crippen molar-refractivity contribution < 1.29 is 77.3 Å². The van der Waals surface area contributed by atoms with E-state index in [9.17, 15) is 29.3 Å². The maximum Gasteiger partial charge on any atom is 1.00 e. The Labute approximate surface area is 383 Å². The van der Waals surface area contributed by atoms with Crippen molar-refractivity contribution in [2.45, 2.75) is 224 Å². The van der Waals surface area contributed by atoms with Gasteiger partial charge in [0.05, 0.1) is 19.8 Å². The molecule has 0 aliphatic carbocycles. The first-order valence-electron chi connectivity index (χ1n) is 23.3. The number of rotatable bonds is 39. The molecule has 14 nitrogen and oxygen atoms in total. The molecule has 60 heavy (non-hydrogen) atoms.